The Labute approximate surface area is 108 Å². The molecule has 0 heterocycles. The fraction of sp³-hybridized carbons (Fsp3) is 0.846. The summed E-state index contributed by atoms with van der Waals surface area (Å²) in [5.41, 5.74) is 0. The van der Waals surface area contributed by atoms with Gasteiger partial charge in [0, 0.05) is 12.5 Å². The molecule has 0 radical (unpaired) electrons. The standard InChI is InChI=1S/C13H24N2O3/c1-10-4-6-11(7-5-10)15-12(16)9-14-8-2-3-13(17)18/h10-11,14H,2-9H2,1H3,(H,15,16)(H,17,18). The van der Waals surface area contributed by atoms with E-state index in [1.165, 1.54) is 12.8 Å². The summed E-state index contributed by atoms with van der Waals surface area (Å²) in [6.07, 6.45) is 5.24. The number of aliphatic carboxylic acids is 1. The number of carboxylic acid groups (broad SMARTS) is 1. The van der Waals surface area contributed by atoms with Gasteiger partial charge in [-0.1, -0.05) is 6.92 Å². The molecular weight excluding hydrogens is 232 g/mol. The van der Waals surface area contributed by atoms with Crippen molar-refractivity contribution < 1.29 is 14.7 Å². The number of hydrogen-bond donors (Lipinski definition) is 3. The van der Waals surface area contributed by atoms with E-state index >= 15 is 0 Å². The second kappa shape index (κ2) is 8.08. The zero-order chi connectivity index (χ0) is 13.4. The summed E-state index contributed by atoms with van der Waals surface area (Å²) in [7, 11) is 0. The molecule has 18 heavy (non-hydrogen) atoms. The molecule has 1 rings (SSSR count). The molecule has 0 aromatic rings. The molecule has 0 saturated heterocycles. The van der Waals surface area contributed by atoms with E-state index in [1.807, 2.05) is 0 Å². The zero-order valence-corrected chi connectivity index (χ0v) is 11.1. The number of rotatable bonds is 7. The molecule has 3 N–H and O–H groups in total. The van der Waals surface area contributed by atoms with Crippen molar-refractivity contribution in [2.24, 2.45) is 5.92 Å². The van der Waals surface area contributed by atoms with E-state index in [2.05, 4.69) is 17.6 Å². The van der Waals surface area contributed by atoms with Crippen molar-refractivity contribution in [3.63, 3.8) is 0 Å². The van der Waals surface area contributed by atoms with Crippen LogP contribution in [0.25, 0.3) is 0 Å². The molecular formula is C13H24N2O3. The van der Waals surface area contributed by atoms with E-state index < -0.39 is 5.97 Å². The van der Waals surface area contributed by atoms with Crippen molar-refractivity contribution in [1.82, 2.24) is 10.6 Å². The summed E-state index contributed by atoms with van der Waals surface area (Å²) in [6, 6.07) is 0.328. The number of carbonyl (C=O) groups is 2. The summed E-state index contributed by atoms with van der Waals surface area (Å²) in [4.78, 5) is 21.9. The molecule has 1 amide bonds. The first-order valence-corrected chi connectivity index (χ1v) is 6.80. The number of nitrogens with one attached hydrogen (secondary N) is 2. The van der Waals surface area contributed by atoms with Gasteiger partial charge in [0.25, 0.3) is 0 Å². The van der Waals surface area contributed by atoms with Crippen LogP contribution < -0.4 is 10.6 Å². The summed E-state index contributed by atoms with van der Waals surface area (Å²) in [5.74, 6) is 0.00903. The van der Waals surface area contributed by atoms with Crippen molar-refractivity contribution >= 4 is 11.9 Å². The quantitative estimate of drug-likeness (QED) is 0.597. The fourth-order valence-corrected chi connectivity index (χ4v) is 2.25. The average molecular weight is 256 g/mol. The summed E-state index contributed by atoms with van der Waals surface area (Å²) >= 11 is 0. The lowest BCUT2D eigenvalue weighted by Crippen LogP contribution is -2.42. The molecule has 5 heteroatoms. The number of hydrogen-bond acceptors (Lipinski definition) is 3. The van der Waals surface area contributed by atoms with Crippen LogP contribution in [0.3, 0.4) is 0 Å². The van der Waals surface area contributed by atoms with Crippen molar-refractivity contribution in [1.29, 1.82) is 0 Å². The van der Waals surface area contributed by atoms with E-state index in [4.69, 9.17) is 5.11 Å². The fourth-order valence-electron chi connectivity index (χ4n) is 2.25. The van der Waals surface area contributed by atoms with Gasteiger partial charge in [-0.15, -0.1) is 0 Å². The van der Waals surface area contributed by atoms with E-state index in [1.54, 1.807) is 0 Å². The number of amides is 1. The Hall–Kier alpha value is -1.10. The maximum absolute atomic E-state index is 11.6. The van der Waals surface area contributed by atoms with Gasteiger partial charge < -0.3 is 15.7 Å². The van der Waals surface area contributed by atoms with Crippen LogP contribution in [0.15, 0.2) is 0 Å². The maximum atomic E-state index is 11.6. The summed E-state index contributed by atoms with van der Waals surface area (Å²) in [5, 5.41) is 14.4. The topological polar surface area (TPSA) is 78.4 Å². The molecule has 0 spiro atoms. The lowest BCUT2D eigenvalue weighted by Gasteiger charge is -2.26. The van der Waals surface area contributed by atoms with Crippen LogP contribution in [0.1, 0.15) is 45.4 Å². The van der Waals surface area contributed by atoms with Gasteiger partial charge in [0.2, 0.25) is 5.91 Å². The Morgan fingerprint density at radius 2 is 1.89 bits per heavy atom. The SMILES string of the molecule is CC1CCC(NC(=O)CNCCCC(=O)O)CC1. The largest absolute Gasteiger partial charge is 0.481 e. The maximum Gasteiger partial charge on any atom is 0.303 e. The molecule has 1 aliphatic carbocycles. The van der Waals surface area contributed by atoms with Gasteiger partial charge in [-0.2, -0.15) is 0 Å². The Bertz CT molecular complexity index is 273. The molecule has 5 nitrogen and oxygen atoms in total. The highest BCUT2D eigenvalue weighted by Crippen LogP contribution is 2.23. The molecule has 0 aliphatic heterocycles. The molecule has 1 saturated carbocycles. The normalized spacial score (nSPS) is 23.6. The van der Waals surface area contributed by atoms with E-state index in [0.717, 1.165) is 18.8 Å². The van der Waals surface area contributed by atoms with Crippen LogP contribution in [0, 0.1) is 5.92 Å². The lowest BCUT2D eigenvalue weighted by atomic mass is 9.87. The van der Waals surface area contributed by atoms with E-state index in [-0.39, 0.29) is 18.9 Å². The van der Waals surface area contributed by atoms with Gasteiger partial charge in [-0.05, 0) is 44.6 Å². The van der Waals surface area contributed by atoms with Gasteiger partial charge >= 0.3 is 5.97 Å². The molecule has 1 fully saturated rings. The first-order chi connectivity index (χ1) is 8.58. The Kier molecular flexibility index (Phi) is 6.72. The second-order valence-corrected chi connectivity index (χ2v) is 5.20. The summed E-state index contributed by atoms with van der Waals surface area (Å²) in [6.45, 7) is 3.11. The van der Waals surface area contributed by atoms with Crippen LogP contribution in [0.5, 0.6) is 0 Å². The predicted octanol–water partition coefficient (Wildman–Crippen LogP) is 1.14. The second-order valence-electron chi connectivity index (χ2n) is 5.20. The monoisotopic (exact) mass is 256 g/mol. The van der Waals surface area contributed by atoms with Gasteiger partial charge in [0.05, 0.1) is 6.54 Å². The van der Waals surface area contributed by atoms with Gasteiger partial charge in [0.1, 0.15) is 0 Å². The van der Waals surface area contributed by atoms with Crippen molar-refractivity contribution in [2.45, 2.75) is 51.5 Å². The van der Waals surface area contributed by atoms with Crippen molar-refractivity contribution in [2.75, 3.05) is 13.1 Å². The predicted molar refractivity (Wildman–Crippen MR) is 69.3 cm³/mol. The van der Waals surface area contributed by atoms with Crippen LogP contribution in [0.2, 0.25) is 0 Å². The minimum absolute atomic E-state index is 0.0184. The highest BCUT2D eigenvalue weighted by Gasteiger charge is 2.19. The number of carboxylic acids is 1. The lowest BCUT2D eigenvalue weighted by molar-refractivity contribution is -0.137. The molecule has 0 aromatic heterocycles. The Morgan fingerprint density at radius 1 is 1.22 bits per heavy atom. The van der Waals surface area contributed by atoms with E-state index in [9.17, 15) is 9.59 Å². The molecule has 104 valence electrons. The van der Waals surface area contributed by atoms with Crippen molar-refractivity contribution in [3.8, 4) is 0 Å². The Balaban J connectivity index is 2.01. The molecule has 0 atom stereocenters. The van der Waals surface area contributed by atoms with E-state index in [0.29, 0.717) is 19.0 Å². The van der Waals surface area contributed by atoms with Gasteiger partial charge in [0.15, 0.2) is 0 Å². The third-order valence-corrected chi connectivity index (χ3v) is 3.41. The minimum atomic E-state index is -0.794. The van der Waals surface area contributed by atoms with Gasteiger partial charge in [-0.25, -0.2) is 0 Å². The highest BCUT2D eigenvalue weighted by atomic mass is 16.4. The zero-order valence-electron chi connectivity index (χ0n) is 11.1. The molecule has 0 unspecified atom stereocenters. The number of carbonyl (C=O) groups excluding carboxylic acids is 1. The first-order valence-electron chi connectivity index (χ1n) is 6.80. The van der Waals surface area contributed by atoms with Crippen LogP contribution >= 0.6 is 0 Å². The Morgan fingerprint density at radius 3 is 2.50 bits per heavy atom. The third kappa shape index (κ3) is 6.59. The molecule has 0 aromatic carbocycles. The molecule has 0 bridgehead atoms. The highest BCUT2D eigenvalue weighted by molar-refractivity contribution is 5.78. The smallest absolute Gasteiger partial charge is 0.303 e. The van der Waals surface area contributed by atoms with Crippen LogP contribution in [-0.4, -0.2) is 36.1 Å². The van der Waals surface area contributed by atoms with Crippen LogP contribution in [0.4, 0.5) is 0 Å². The summed E-state index contributed by atoms with van der Waals surface area (Å²) < 4.78 is 0. The van der Waals surface area contributed by atoms with Crippen LogP contribution in [-0.2, 0) is 9.59 Å². The first kappa shape index (κ1) is 15.0. The van der Waals surface area contributed by atoms with Gasteiger partial charge in [-0.3, -0.25) is 9.59 Å². The van der Waals surface area contributed by atoms with Crippen molar-refractivity contribution in [3.05, 3.63) is 0 Å². The third-order valence-electron chi connectivity index (χ3n) is 3.41. The minimum Gasteiger partial charge on any atom is -0.481 e. The molecule has 1 aliphatic rings. The average Bonchev–Trinajstić information content (AvgIpc) is 2.31.